The number of benzene rings is 1. The molecule has 3 rings (SSSR count). The van der Waals surface area contributed by atoms with Gasteiger partial charge in [0.1, 0.15) is 5.82 Å². The highest BCUT2D eigenvalue weighted by Crippen LogP contribution is 2.27. The minimum Gasteiger partial charge on any atom is -0.310 e. The summed E-state index contributed by atoms with van der Waals surface area (Å²) in [5, 5.41) is 7.38. The van der Waals surface area contributed by atoms with Gasteiger partial charge in [0.05, 0.1) is 29.8 Å². The van der Waals surface area contributed by atoms with Crippen LogP contribution in [-0.2, 0) is 21.2 Å². The summed E-state index contributed by atoms with van der Waals surface area (Å²) in [5.41, 5.74) is 1.71. The van der Waals surface area contributed by atoms with E-state index in [1.807, 2.05) is 25.1 Å². The Morgan fingerprint density at radius 3 is 2.55 bits per heavy atom. The van der Waals surface area contributed by atoms with Crippen LogP contribution >= 0.6 is 0 Å². The predicted octanol–water partition coefficient (Wildman–Crippen LogP) is 2.79. The number of nitrogens with zero attached hydrogens (tertiary/aromatic N) is 3. The van der Waals surface area contributed by atoms with Gasteiger partial charge in [-0.15, -0.1) is 0 Å². The largest absolute Gasteiger partial charge is 0.310 e. The zero-order chi connectivity index (χ0) is 21.2. The van der Waals surface area contributed by atoms with Gasteiger partial charge in [-0.25, -0.2) is 13.1 Å². The minimum absolute atomic E-state index is 0.0686. The molecule has 1 aliphatic heterocycles. The molecule has 0 bridgehead atoms. The molecule has 8 heteroatoms. The summed E-state index contributed by atoms with van der Waals surface area (Å²) < 4.78 is 25.4. The first kappa shape index (κ1) is 21.5. The number of hydrogen-bond donors (Lipinski definition) is 1. The van der Waals surface area contributed by atoms with Crippen LogP contribution in [0.2, 0.25) is 0 Å². The molecule has 1 fully saturated rings. The number of aromatic nitrogens is 2. The van der Waals surface area contributed by atoms with E-state index in [1.54, 1.807) is 10.7 Å². The van der Waals surface area contributed by atoms with Crippen molar-refractivity contribution in [3.05, 3.63) is 47.7 Å². The minimum atomic E-state index is -3.03. The Kier molecular flexibility index (Phi) is 6.14. The zero-order valence-electron chi connectivity index (χ0n) is 17.6. The molecule has 1 unspecified atom stereocenters. The third-order valence-electron chi connectivity index (χ3n) is 5.18. The van der Waals surface area contributed by atoms with Crippen LogP contribution in [0.5, 0.6) is 0 Å². The monoisotopic (exact) mass is 418 g/mol. The molecular formula is C21H30N4O3S. The fourth-order valence-corrected chi connectivity index (χ4v) is 5.24. The molecule has 1 amide bonds. The van der Waals surface area contributed by atoms with E-state index in [0.717, 1.165) is 11.3 Å². The normalized spacial score (nSPS) is 18.9. The Labute approximate surface area is 173 Å². The number of rotatable bonds is 6. The van der Waals surface area contributed by atoms with Gasteiger partial charge < -0.3 is 5.32 Å². The highest BCUT2D eigenvalue weighted by molar-refractivity contribution is 7.91. The first-order valence-electron chi connectivity index (χ1n) is 9.89. The van der Waals surface area contributed by atoms with Crippen molar-refractivity contribution in [3.8, 4) is 0 Å². The van der Waals surface area contributed by atoms with E-state index in [1.165, 1.54) is 0 Å². The Morgan fingerprint density at radius 1 is 1.28 bits per heavy atom. The molecule has 1 atom stereocenters. The number of anilines is 1. The van der Waals surface area contributed by atoms with E-state index >= 15 is 0 Å². The summed E-state index contributed by atoms with van der Waals surface area (Å²) in [5.74, 6) is 0.652. The highest BCUT2D eigenvalue weighted by atomic mass is 32.2. The molecule has 0 saturated carbocycles. The number of aryl methyl sites for hydroxylation is 1. The average Bonchev–Trinajstić information content (AvgIpc) is 3.16. The van der Waals surface area contributed by atoms with E-state index in [2.05, 4.69) is 48.2 Å². The van der Waals surface area contributed by atoms with Crippen molar-refractivity contribution >= 4 is 21.6 Å². The predicted molar refractivity (Wildman–Crippen MR) is 115 cm³/mol. The maximum atomic E-state index is 12.9. The molecule has 1 aliphatic rings. The van der Waals surface area contributed by atoms with Gasteiger partial charge in [-0.1, -0.05) is 30.3 Å². The van der Waals surface area contributed by atoms with Gasteiger partial charge in [0, 0.05) is 18.2 Å². The van der Waals surface area contributed by atoms with Crippen LogP contribution in [0.4, 0.5) is 5.82 Å². The lowest BCUT2D eigenvalue weighted by molar-refractivity contribution is -0.118. The van der Waals surface area contributed by atoms with Crippen molar-refractivity contribution in [1.29, 1.82) is 0 Å². The molecule has 2 heterocycles. The number of carbonyl (C=O) groups excluding carboxylic acids is 1. The second-order valence-corrected chi connectivity index (χ2v) is 11.0. The summed E-state index contributed by atoms with van der Waals surface area (Å²) in [4.78, 5) is 15.0. The van der Waals surface area contributed by atoms with Crippen molar-refractivity contribution in [2.45, 2.75) is 52.2 Å². The molecule has 1 aromatic heterocycles. The van der Waals surface area contributed by atoms with Gasteiger partial charge in [-0.3, -0.25) is 9.69 Å². The fraction of sp³-hybridized carbons (Fsp3) is 0.524. The standard InChI is InChI=1S/C21H30N4O3S/c1-16-12-19(25(23-16)18-10-11-29(27,28)15-18)22-20(26)14-24(21(2,3)4)13-17-8-6-5-7-9-17/h5-9,12,18H,10-11,13-15H2,1-4H3,(H,22,26). The van der Waals surface area contributed by atoms with Gasteiger partial charge in [-0.2, -0.15) is 5.10 Å². The van der Waals surface area contributed by atoms with Crippen molar-refractivity contribution in [2.24, 2.45) is 0 Å². The quantitative estimate of drug-likeness (QED) is 0.780. The Balaban J connectivity index is 1.72. The molecule has 29 heavy (non-hydrogen) atoms. The van der Waals surface area contributed by atoms with Crippen LogP contribution in [0.15, 0.2) is 36.4 Å². The first-order valence-corrected chi connectivity index (χ1v) is 11.7. The van der Waals surface area contributed by atoms with Gasteiger partial charge in [0.2, 0.25) is 5.91 Å². The van der Waals surface area contributed by atoms with Crippen molar-refractivity contribution < 1.29 is 13.2 Å². The molecule has 0 spiro atoms. The molecule has 7 nitrogen and oxygen atoms in total. The number of nitrogens with one attached hydrogen (secondary N) is 1. The smallest absolute Gasteiger partial charge is 0.239 e. The third kappa shape index (κ3) is 5.67. The third-order valence-corrected chi connectivity index (χ3v) is 6.93. The SMILES string of the molecule is Cc1cc(NC(=O)CN(Cc2ccccc2)C(C)(C)C)n(C2CCS(=O)(=O)C2)n1. The lowest BCUT2D eigenvalue weighted by Gasteiger charge is -2.35. The van der Waals surface area contributed by atoms with E-state index in [4.69, 9.17) is 0 Å². The van der Waals surface area contributed by atoms with E-state index < -0.39 is 9.84 Å². The summed E-state index contributed by atoms with van der Waals surface area (Å²) in [6, 6.07) is 11.6. The molecule has 1 aromatic carbocycles. The average molecular weight is 419 g/mol. The molecule has 1 saturated heterocycles. The molecule has 158 valence electrons. The Hall–Kier alpha value is -2.19. The van der Waals surface area contributed by atoms with Gasteiger partial charge in [0.25, 0.3) is 0 Å². The summed E-state index contributed by atoms with van der Waals surface area (Å²) in [6.45, 7) is 8.98. The molecule has 0 radical (unpaired) electrons. The Morgan fingerprint density at radius 2 is 1.97 bits per heavy atom. The van der Waals surface area contributed by atoms with Crippen LogP contribution in [0.25, 0.3) is 0 Å². The molecule has 0 aliphatic carbocycles. The van der Waals surface area contributed by atoms with E-state index in [-0.39, 0.29) is 35.5 Å². The second-order valence-electron chi connectivity index (χ2n) is 8.73. The summed E-state index contributed by atoms with van der Waals surface area (Å²) in [7, 11) is -3.03. The van der Waals surface area contributed by atoms with Crippen molar-refractivity contribution in [2.75, 3.05) is 23.4 Å². The van der Waals surface area contributed by atoms with Crippen LogP contribution in [-0.4, -0.2) is 52.6 Å². The van der Waals surface area contributed by atoms with Crippen LogP contribution < -0.4 is 5.32 Å². The number of sulfone groups is 1. The van der Waals surface area contributed by atoms with Gasteiger partial charge in [-0.05, 0) is 39.7 Å². The van der Waals surface area contributed by atoms with Gasteiger partial charge >= 0.3 is 0 Å². The van der Waals surface area contributed by atoms with Crippen LogP contribution in [0.1, 0.15) is 44.5 Å². The van der Waals surface area contributed by atoms with Crippen molar-refractivity contribution in [1.82, 2.24) is 14.7 Å². The van der Waals surface area contributed by atoms with Crippen molar-refractivity contribution in [3.63, 3.8) is 0 Å². The number of carbonyl (C=O) groups is 1. The lowest BCUT2D eigenvalue weighted by Crippen LogP contribution is -2.45. The topological polar surface area (TPSA) is 84.3 Å². The number of amides is 1. The molecular weight excluding hydrogens is 388 g/mol. The highest BCUT2D eigenvalue weighted by Gasteiger charge is 2.32. The molecule has 2 aromatic rings. The fourth-order valence-electron chi connectivity index (χ4n) is 3.55. The van der Waals surface area contributed by atoms with Crippen LogP contribution in [0.3, 0.4) is 0 Å². The summed E-state index contributed by atoms with van der Waals surface area (Å²) >= 11 is 0. The van der Waals surface area contributed by atoms with Crippen LogP contribution in [0, 0.1) is 6.92 Å². The summed E-state index contributed by atoms with van der Waals surface area (Å²) in [6.07, 6.45) is 0.522. The van der Waals surface area contributed by atoms with Gasteiger partial charge in [0.15, 0.2) is 9.84 Å². The lowest BCUT2D eigenvalue weighted by atomic mass is 10.0. The van der Waals surface area contributed by atoms with E-state index in [0.29, 0.717) is 18.8 Å². The Bertz CT molecular complexity index is 962. The molecule has 1 N–H and O–H groups in total. The maximum Gasteiger partial charge on any atom is 0.239 e. The van der Waals surface area contributed by atoms with E-state index in [9.17, 15) is 13.2 Å². The maximum absolute atomic E-state index is 12.9. The second kappa shape index (κ2) is 8.28. The zero-order valence-corrected chi connectivity index (χ0v) is 18.4. The first-order chi connectivity index (χ1) is 13.5. The number of hydrogen-bond acceptors (Lipinski definition) is 5.